The van der Waals surface area contributed by atoms with Gasteiger partial charge >= 0.3 is 6.18 Å². The Morgan fingerprint density at radius 1 is 1.04 bits per heavy atom. The molecule has 2 aromatic rings. The van der Waals surface area contributed by atoms with Crippen LogP contribution in [0.2, 0.25) is 0 Å². The van der Waals surface area contributed by atoms with Gasteiger partial charge in [0, 0.05) is 25.0 Å². The third kappa shape index (κ3) is 3.37. The molecule has 7 heteroatoms. The molecule has 2 atom stereocenters. The molecule has 25 heavy (non-hydrogen) atoms. The maximum Gasteiger partial charge on any atom is 0.419 e. The van der Waals surface area contributed by atoms with Gasteiger partial charge in [0.05, 0.1) is 11.1 Å². The Balaban J connectivity index is 1.86. The number of hydrogen-bond acceptors (Lipinski definition) is 2. The number of alkyl halides is 3. The van der Waals surface area contributed by atoms with Crippen molar-refractivity contribution in [1.82, 2.24) is 4.90 Å². The highest BCUT2D eigenvalue weighted by Crippen LogP contribution is 2.33. The topological polar surface area (TPSA) is 46.3 Å². The van der Waals surface area contributed by atoms with Crippen LogP contribution in [0.4, 0.5) is 17.6 Å². The van der Waals surface area contributed by atoms with Crippen LogP contribution >= 0.6 is 0 Å². The summed E-state index contributed by atoms with van der Waals surface area (Å²) >= 11 is 0. The lowest BCUT2D eigenvalue weighted by Gasteiger charge is -2.18. The van der Waals surface area contributed by atoms with Crippen LogP contribution in [-0.2, 0) is 6.18 Å². The van der Waals surface area contributed by atoms with Crippen molar-refractivity contribution in [1.29, 1.82) is 0 Å². The van der Waals surface area contributed by atoms with Crippen molar-refractivity contribution >= 4 is 5.91 Å². The highest BCUT2D eigenvalue weighted by molar-refractivity contribution is 5.95. The summed E-state index contributed by atoms with van der Waals surface area (Å²) in [5.41, 5.74) is 5.00. The zero-order valence-electron chi connectivity index (χ0n) is 13.1. The van der Waals surface area contributed by atoms with Gasteiger partial charge in [0.2, 0.25) is 0 Å². The quantitative estimate of drug-likeness (QED) is 0.842. The Morgan fingerprint density at radius 2 is 1.72 bits per heavy atom. The second kappa shape index (κ2) is 6.48. The van der Waals surface area contributed by atoms with Gasteiger partial charge in [-0.05, 0) is 17.7 Å². The Bertz CT molecular complexity index is 776. The van der Waals surface area contributed by atoms with Gasteiger partial charge in [-0.1, -0.05) is 36.4 Å². The molecule has 3 rings (SSSR count). The number of amides is 1. The maximum absolute atomic E-state index is 14.2. The highest BCUT2D eigenvalue weighted by atomic mass is 19.4. The van der Waals surface area contributed by atoms with Crippen molar-refractivity contribution in [3.63, 3.8) is 0 Å². The van der Waals surface area contributed by atoms with Crippen LogP contribution in [0.25, 0.3) is 0 Å². The average Bonchev–Trinajstić information content (AvgIpc) is 2.96. The Morgan fingerprint density at radius 3 is 2.36 bits per heavy atom. The van der Waals surface area contributed by atoms with Crippen LogP contribution in [0, 0.1) is 5.82 Å². The molecule has 0 bridgehead atoms. The summed E-state index contributed by atoms with van der Waals surface area (Å²) in [6, 6.07) is 11.7. The molecule has 132 valence electrons. The van der Waals surface area contributed by atoms with Gasteiger partial charge in [-0.25, -0.2) is 4.39 Å². The van der Waals surface area contributed by atoms with E-state index in [-0.39, 0.29) is 25.0 Å². The lowest BCUT2D eigenvalue weighted by atomic mass is 9.95. The van der Waals surface area contributed by atoms with Crippen molar-refractivity contribution in [2.24, 2.45) is 5.73 Å². The number of likely N-dealkylation sites (tertiary alicyclic amines) is 1. The van der Waals surface area contributed by atoms with Gasteiger partial charge in [-0.3, -0.25) is 4.79 Å². The van der Waals surface area contributed by atoms with E-state index in [9.17, 15) is 22.4 Å². The number of rotatable bonds is 2. The molecule has 1 fully saturated rings. The fraction of sp³-hybridized carbons (Fsp3) is 0.278. The molecule has 1 aliphatic rings. The van der Waals surface area contributed by atoms with Crippen LogP contribution in [-0.4, -0.2) is 29.9 Å². The predicted octanol–water partition coefficient (Wildman–Crippen LogP) is 3.41. The lowest BCUT2D eigenvalue weighted by Crippen LogP contribution is -2.33. The van der Waals surface area contributed by atoms with Crippen molar-refractivity contribution < 1.29 is 22.4 Å². The molecule has 2 aromatic carbocycles. The zero-order valence-corrected chi connectivity index (χ0v) is 13.1. The van der Waals surface area contributed by atoms with Gasteiger partial charge < -0.3 is 10.6 Å². The summed E-state index contributed by atoms with van der Waals surface area (Å²) in [6.45, 7) is 0.397. The Kier molecular flexibility index (Phi) is 4.51. The number of nitrogens with zero attached hydrogens (tertiary/aromatic N) is 1. The van der Waals surface area contributed by atoms with Crippen molar-refractivity contribution in [2.45, 2.75) is 18.1 Å². The van der Waals surface area contributed by atoms with Crippen molar-refractivity contribution in [2.75, 3.05) is 13.1 Å². The SMILES string of the molecule is N[C@@H]1CN(C(=O)c2cccc(C(F)(F)F)c2F)C[C@H]1c1ccccc1. The summed E-state index contributed by atoms with van der Waals surface area (Å²) in [6.07, 6.45) is -4.85. The normalized spacial score (nSPS) is 20.8. The first kappa shape index (κ1) is 17.4. The van der Waals surface area contributed by atoms with Gasteiger partial charge in [0.15, 0.2) is 0 Å². The zero-order chi connectivity index (χ0) is 18.2. The standard InChI is InChI=1S/C18H16F4N2O/c19-16-12(7-4-8-14(16)18(20,21)22)17(25)24-9-13(15(23)10-24)11-5-2-1-3-6-11/h1-8,13,15H,9-10,23H2/t13-,15+/m0/s1. The van der Waals surface area contributed by atoms with E-state index in [0.29, 0.717) is 6.07 Å². The van der Waals surface area contributed by atoms with Crippen LogP contribution in [0.15, 0.2) is 48.5 Å². The molecule has 1 heterocycles. The summed E-state index contributed by atoms with van der Waals surface area (Å²) < 4.78 is 52.7. The van der Waals surface area contributed by atoms with Crippen LogP contribution in [0.1, 0.15) is 27.4 Å². The molecule has 0 radical (unpaired) electrons. The van der Waals surface area contributed by atoms with Crippen molar-refractivity contribution in [3.05, 3.63) is 71.0 Å². The molecule has 1 aliphatic heterocycles. The molecule has 0 aromatic heterocycles. The predicted molar refractivity (Wildman–Crippen MR) is 84.5 cm³/mol. The molecule has 0 spiro atoms. The summed E-state index contributed by atoms with van der Waals surface area (Å²) in [4.78, 5) is 13.8. The third-order valence-corrected chi connectivity index (χ3v) is 4.41. The van der Waals surface area contributed by atoms with Crippen molar-refractivity contribution in [3.8, 4) is 0 Å². The molecular formula is C18H16F4N2O. The molecule has 0 saturated carbocycles. The first-order valence-corrected chi connectivity index (χ1v) is 7.74. The summed E-state index contributed by atoms with van der Waals surface area (Å²) in [5, 5.41) is 0. The van der Waals surface area contributed by atoms with E-state index in [1.807, 2.05) is 30.3 Å². The second-order valence-electron chi connectivity index (χ2n) is 6.06. The van der Waals surface area contributed by atoms with E-state index in [1.54, 1.807) is 0 Å². The summed E-state index contributed by atoms with van der Waals surface area (Å²) in [5.74, 6) is -2.46. The van der Waals surface area contributed by atoms with Gasteiger partial charge in [0.25, 0.3) is 5.91 Å². The smallest absolute Gasteiger partial charge is 0.336 e. The molecule has 0 unspecified atom stereocenters. The molecule has 3 nitrogen and oxygen atoms in total. The molecule has 2 N–H and O–H groups in total. The van der Waals surface area contributed by atoms with E-state index < -0.39 is 29.0 Å². The van der Waals surface area contributed by atoms with E-state index in [4.69, 9.17) is 5.73 Å². The largest absolute Gasteiger partial charge is 0.419 e. The molecule has 1 amide bonds. The van der Waals surface area contributed by atoms with Crippen LogP contribution in [0.3, 0.4) is 0 Å². The Hall–Kier alpha value is -2.41. The second-order valence-corrected chi connectivity index (χ2v) is 6.06. The third-order valence-electron chi connectivity index (χ3n) is 4.41. The number of carbonyl (C=O) groups excluding carboxylic acids is 1. The fourth-order valence-corrected chi connectivity index (χ4v) is 3.13. The lowest BCUT2D eigenvalue weighted by molar-refractivity contribution is -0.140. The van der Waals surface area contributed by atoms with E-state index in [2.05, 4.69) is 0 Å². The monoisotopic (exact) mass is 352 g/mol. The molecule has 1 saturated heterocycles. The average molecular weight is 352 g/mol. The van der Waals surface area contributed by atoms with Crippen LogP contribution in [0.5, 0.6) is 0 Å². The minimum Gasteiger partial charge on any atom is -0.336 e. The minimum atomic E-state index is -4.85. The van der Waals surface area contributed by atoms with E-state index in [0.717, 1.165) is 17.7 Å². The first-order valence-electron chi connectivity index (χ1n) is 7.74. The maximum atomic E-state index is 14.2. The minimum absolute atomic E-state index is 0.140. The first-order chi connectivity index (χ1) is 11.8. The number of nitrogens with two attached hydrogens (primary N) is 1. The summed E-state index contributed by atoms with van der Waals surface area (Å²) in [7, 11) is 0. The van der Waals surface area contributed by atoms with Gasteiger partial charge in [-0.15, -0.1) is 0 Å². The number of halogens is 4. The number of hydrogen-bond donors (Lipinski definition) is 1. The number of benzene rings is 2. The highest BCUT2D eigenvalue weighted by Gasteiger charge is 2.38. The van der Waals surface area contributed by atoms with Crippen LogP contribution < -0.4 is 5.73 Å². The molecular weight excluding hydrogens is 336 g/mol. The van der Waals surface area contributed by atoms with E-state index >= 15 is 0 Å². The molecule has 0 aliphatic carbocycles. The fourth-order valence-electron chi connectivity index (χ4n) is 3.13. The Labute approximate surface area is 142 Å². The van der Waals surface area contributed by atoms with E-state index in [1.165, 1.54) is 4.90 Å². The number of carbonyl (C=O) groups is 1. The van der Waals surface area contributed by atoms with Gasteiger partial charge in [0.1, 0.15) is 5.82 Å². The van der Waals surface area contributed by atoms with Gasteiger partial charge in [-0.2, -0.15) is 13.2 Å².